The Hall–Kier alpha value is -6.28. The van der Waals surface area contributed by atoms with E-state index in [1.807, 2.05) is 54.6 Å². The maximum absolute atomic E-state index is 13.7. The molecule has 2 unspecified atom stereocenters. The van der Waals surface area contributed by atoms with Crippen molar-refractivity contribution in [1.29, 1.82) is 5.26 Å². The molecule has 10 rings (SSSR count). The topological polar surface area (TPSA) is 223 Å². The zero-order chi connectivity index (χ0) is 47.2. The van der Waals surface area contributed by atoms with Gasteiger partial charge in [0, 0.05) is 43.9 Å². The van der Waals surface area contributed by atoms with Crippen molar-refractivity contribution < 1.29 is 38.6 Å². The second-order valence-corrected chi connectivity index (χ2v) is 18.2. The minimum atomic E-state index is -1.49. The van der Waals surface area contributed by atoms with Crippen LogP contribution in [0.5, 0.6) is 11.5 Å². The third kappa shape index (κ3) is 7.47. The number of nitrogens with two attached hydrogens (primary N) is 2. The zero-order valence-electron chi connectivity index (χ0n) is 37.0. The summed E-state index contributed by atoms with van der Waals surface area (Å²) >= 11 is 3.50. The summed E-state index contributed by atoms with van der Waals surface area (Å²) in [6.07, 6.45) is 6.29. The van der Waals surface area contributed by atoms with Gasteiger partial charge < -0.3 is 40.5 Å². The van der Waals surface area contributed by atoms with Gasteiger partial charge in [0.1, 0.15) is 22.7 Å². The molecule has 2 atom stereocenters. The first-order valence-corrected chi connectivity index (χ1v) is 22.4. The Labute approximate surface area is 391 Å². The Morgan fingerprint density at radius 1 is 0.773 bits per heavy atom. The molecule has 6 aliphatic rings. The predicted molar refractivity (Wildman–Crippen MR) is 251 cm³/mol. The van der Waals surface area contributed by atoms with Gasteiger partial charge in [-0.15, -0.1) is 0 Å². The lowest BCUT2D eigenvalue weighted by atomic mass is 9.68. The summed E-state index contributed by atoms with van der Waals surface area (Å²) in [5.74, 6) is 1.54. The van der Waals surface area contributed by atoms with Crippen molar-refractivity contribution in [2.24, 2.45) is 21.5 Å². The van der Waals surface area contributed by atoms with Gasteiger partial charge in [0.25, 0.3) is 11.8 Å². The summed E-state index contributed by atoms with van der Waals surface area (Å²) in [5.41, 5.74) is 13.1. The number of rotatable bonds is 4. The third-order valence-corrected chi connectivity index (χ3v) is 14.4. The average Bonchev–Trinajstić information content (AvgIpc) is 3.94. The van der Waals surface area contributed by atoms with Gasteiger partial charge in [-0.05, 0) is 110 Å². The van der Waals surface area contributed by atoms with Gasteiger partial charge >= 0.3 is 7.12 Å². The van der Waals surface area contributed by atoms with Crippen LogP contribution in [0.25, 0.3) is 16.0 Å². The molecule has 2 saturated carbocycles. The fourth-order valence-corrected chi connectivity index (χ4v) is 10.6. The zero-order valence-corrected chi connectivity index (χ0v) is 38.6. The van der Waals surface area contributed by atoms with Crippen LogP contribution in [0, 0.1) is 17.9 Å². The highest BCUT2D eigenvalue weighted by Crippen LogP contribution is 2.60. The number of methoxy groups -OCH3 is 2. The number of fused-ring (bicyclic) bond motifs is 6. The van der Waals surface area contributed by atoms with E-state index in [0.717, 1.165) is 52.4 Å². The number of carbonyl (C=O) groups is 2. The lowest BCUT2D eigenvalue weighted by Crippen LogP contribution is -2.57. The number of nitriles is 1. The van der Waals surface area contributed by atoms with Gasteiger partial charge in [-0.1, -0.05) is 58.4 Å². The number of guanidine groups is 2. The normalized spacial score (nSPS) is 27.7. The van der Waals surface area contributed by atoms with Gasteiger partial charge in [0.05, 0.1) is 30.4 Å². The molecule has 0 aromatic heterocycles. The Balaban J connectivity index is 0.000000149. The maximum atomic E-state index is 13.7. The lowest BCUT2D eigenvalue weighted by Gasteiger charge is -2.43. The molecule has 6 N–H and O–H groups in total. The molecule has 2 amide bonds. The fourth-order valence-electron chi connectivity index (χ4n) is 10.3. The largest absolute Gasteiger partial charge is 0.487 e. The number of hydrogen-bond donors (Lipinski definition) is 4. The summed E-state index contributed by atoms with van der Waals surface area (Å²) in [6, 6.07) is 27.4. The molecule has 16 nitrogen and oxygen atoms in total. The van der Waals surface area contributed by atoms with E-state index in [1.54, 1.807) is 52.6 Å². The van der Waals surface area contributed by atoms with Crippen LogP contribution in [-0.4, -0.2) is 102 Å². The molecule has 0 radical (unpaired) electrons. The first-order chi connectivity index (χ1) is 31.6. The molecule has 2 aliphatic carbocycles. The number of likely N-dealkylation sites (N-methyl/N-ethyl adjacent to an activating group) is 2. The van der Waals surface area contributed by atoms with E-state index in [4.69, 9.17) is 52.0 Å². The highest BCUT2D eigenvalue weighted by Gasteiger charge is 2.70. The predicted octanol–water partition coefficient (Wildman–Crippen LogP) is 5.00. The van der Waals surface area contributed by atoms with Gasteiger partial charge in [-0.2, -0.15) is 5.26 Å². The highest BCUT2D eigenvalue weighted by atomic mass is 79.9. The smallest absolute Gasteiger partial charge is 0.483 e. The molecule has 18 heteroatoms. The third-order valence-electron chi connectivity index (χ3n) is 13.9. The van der Waals surface area contributed by atoms with E-state index >= 15 is 0 Å². The van der Waals surface area contributed by atoms with Crippen molar-refractivity contribution in [2.75, 3.05) is 28.3 Å². The van der Waals surface area contributed by atoms with Crippen LogP contribution < -0.4 is 26.4 Å². The van der Waals surface area contributed by atoms with Crippen LogP contribution in [0.2, 0.25) is 0 Å². The summed E-state index contributed by atoms with van der Waals surface area (Å²) < 4.78 is 24.9. The number of nitrogens with zero attached hydrogens (tertiary/aromatic N) is 6. The van der Waals surface area contributed by atoms with Gasteiger partial charge in [-0.25, -0.2) is 14.8 Å². The SMILES string of the molecule is COC1CCC2(CC1)Oc1ccc(-c3cccc(C#N)c3)cc1C21N=C(N)N(C)C1=O.COC1CCC2(CC1)Oc1ccc(Br)cc1C21N=C(N)N(C)C1=O.[C-]#[N+]c1cccc(B(O)O)c1. The number of ether oxygens (including phenoxy) is 4. The van der Waals surface area contributed by atoms with E-state index < -0.39 is 29.4 Å². The monoisotopic (exact) mass is 956 g/mol. The van der Waals surface area contributed by atoms with Crippen LogP contribution in [-0.2, 0) is 30.1 Å². The quantitative estimate of drug-likeness (QED) is 0.158. The molecule has 0 saturated heterocycles. The van der Waals surface area contributed by atoms with Crippen molar-refractivity contribution in [3.8, 4) is 28.7 Å². The lowest BCUT2D eigenvalue weighted by molar-refractivity contribution is -0.141. The first-order valence-electron chi connectivity index (χ1n) is 21.6. The maximum Gasteiger partial charge on any atom is 0.487 e. The Bertz CT molecular complexity index is 2720. The van der Waals surface area contributed by atoms with Crippen LogP contribution in [0.1, 0.15) is 68.1 Å². The molecule has 66 heavy (non-hydrogen) atoms. The summed E-state index contributed by atoms with van der Waals surface area (Å²) in [4.78, 5) is 42.3. The van der Waals surface area contributed by atoms with E-state index in [9.17, 15) is 14.9 Å². The van der Waals surface area contributed by atoms with Crippen molar-refractivity contribution >= 4 is 57.9 Å². The summed E-state index contributed by atoms with van der Waals surface area (Å²) in [7, 11) is 5.28. The van der Waals surface area contributed by atoms with E-state index in [-0.39, 0.29) is 35.9 Å². The van der Waals surface area contributed by atoms with Crippen molar-refractivity contribution in [3.63, 3.8) is 0 Å². The number of hydrogen-bond acceptors (Lipinski definition) is 13. The van der Waals surface area contributed by atoms with Crippen molar-refractivity contribution in [1.82, 2.24) is 9.80 Å². The number of benzene rings is 4. The Morgan fingerprint density at radius 3 is 1.74 bits per heavy atom. The molecule has 0 bridgehead atoms. The number of halogens is 1. The Kier molecular flexibility index (Phi) is 12.5. The molecule has 4 aromatic carbocycles. The van der Waals surface area contributed by atoms with Crippen LogP contribution >= 0.6 is 15.9 Å². The second kappa shape index (κ2) is 17.8. The van der Waals surface area contributed by atoms with E-state index in [1.165, 1.54) is 15.9 Å². The van der Waals surface area contributed by atoms with Crippen molar-refractivity contribution in [3.05, 3.63) is 118 Å². The molecule has 340 valence electrons. The molecular weight excluding hydrogens is 907 g/mol. The standard InChI is InChI=1S/C24H24N4O3.C17H20BrN3O3.C7H6BNO2/c1-28-21(29)24(27-22(28)26)19-13-17(16-5-3-4-15(12-16)14-25)6-7-20(19)31-23(24)10-8-18(30-2)9-11-23;1-21-14(22)17(20-15(21)19)12-9-10(18)3-4-13(12)24-16(17)7-5-11(23-2)6-8-16;1-9-7-4-2-3-6(5-7)8(10)11/h3-7,12-13,18H,8-11H2,1-2H3,(H2,26,27);3-4,9,11H,5-8H2,1-2H3,(H2,19,20);2-5,10-11H. The van der Waals surface area contributed by atoms with E-state index in [2.05, 4.69) is 31.8 Å². The fraction of sp³-hybridized carbons (Fsp3) is 0.375. The van der Waals surface area contributed by atoms with Gasteiger partial charge in [0.15, 0.2) is 17.6 Å². The van der Waals surface area contributed by atoms with Gasteiger partial charge in [-0.3, -0.25) is 19.4 Å². The molecule has 4 heterocycles. The summed E-state index contributed by atoms with van der Waals surface area (Å²) in [5, 5.41) is 26.7. The first kappa shape index (κ1) is 46.3. The molecule has 4 aliphatic heterocycles. The summed E-state index contributed by atoms with van der Waals surface area (Å²) in [6.45, 7) is 6.64. The highest BCUT2D eigenvalue weighted by molar-refractivity contribution is 9.10. The van der Waals surface area contributed by atoms with Crippen LogP contribution in [0.3, 0.4) is 0 Å². The molecule has 4 aromatic rings. The minimum Gasteiger partial charge on any atom is -0.483 e. The average molecular weight is 958 g/mol. The number of carbonyl (C=O) groups excluding carboxylic acids is 2. The van der Waals surface area contributed by atoms with Crippen LogP contribution in [0.15, 0.2) is 99.4 Å². The second-order valence-electron chi connectivity index (χ2n) is 17.3. The Morgan fingerprint density at radius 2 is 1.27 bits per heavy atom. The number of amides is 2. The minimum absolute atomic E-state index is 0.118. The van der Waals surface area contributed by atoms with Gasteiger partial charge in [0.2, 0.25) is 11.1 Å². The van der Waals surface area contributed by atoms with E-state index in [0.29, 0.717) is 53.9 Å². The molecular formula is C48H50BBrN8O8. The van der Waals surface area contributed by atoms with Crippen molar-refractivity contribution in [2.45, 2.75) is 85.9 Å². The number of aliphatic imine (C=N–C) groups is 2. The van der Waals surface area contributed by atoms with Crippen LogP contribution in [0.4, 0.5) is 5.69 Å². The molecule has 4 spiro atoms. The molecule has 2 fully saturated rings.